The van der Waals surface area contributed by atoms with E-state index in [9.17, 15) is 19.1 Å². The first-order valence-electron chi connectivity index (χ1n) is 10.5. The van der Waals surface area contributed by atoms with Crippen LogP contribution in [-0.2, 0) is 4.79 Å². The number of hydrogen-bond acceptors (Lipinski definition) is 6. The zero-order valence-corrected chi connectivity index (χ0v) is 18.4. The molecule has 172 valence electrons. The Hall–Kier alpha value is -3.22. The van der Waals surface area contributed by atoms with Crippen LogP contribution < -0.4 is 15.4 Å². The van der Waals surface area contributed by atoms with Gasteiger partial charge in [-0.2, -0.15) is 5.26 Å². The van der Waals surface area contributed by atoms with E-state index in [1.807, 2.05) is 6.07 Å². The number of ether oxygens (including phenoxy) is 1. The lowest BCUT2D eigenvalue weighted by atomic mass is 9.60. The Kier molecular flexibility index (Phi) is 6.23. The number of nitriles is 1. The van der Waals surface area contributed by atoms with Gasteiger partial charge < -0.3 is 20.5 Å². The highest BCUT2D eigenvalue weighted by Gasteiger charge is 2.55. The summed E-state index contributed by atoms with van der Waals surface area (Å²) in [6.07, 6.45) is 2.90. The van der Waals surface area contributed by atoms with Gasteiger partial charge in [-0.1, -0.05) is 11.6 Å². The molecule has 3 aliphatic carbocycles. The van der Waals surface area contributed by atoms with Crippen molar-refractivity contribution < 1.29 is 23.8 Å². The van der Waals surface area contributed by atoms with Crippen LogP contribution in [0.3, 0.4) is 0 Å². The van der Waals surface area contributed by atoms with Crippen LogP contribution in [0.4, 0.5) is 4.39 Å². The van der Waals surface area contributed by atoms with Gasteiger partial charge in [0.15, 0.2) is 6.61 Å². The van der Waals surface area contributed by atoms with E-state index in [0.29, 0.717) is 31.2 Å². The summed E-state index contributed by atoms with van der Waals surface area (Å²) in [7, 11) is 0. The minimum atomic E-state index is -0.865. The number of hydrogen-bond donors (Lipinski definition) is 3. The molecule has 1 unspecified atom stereocenters. The third kappa shape index (κ3) is 4.77. The van der Waals surface area contributed by atoms with Gasteiger partial charge in [-0.15, -0.1) is 0 Å². The van der Waals surface area contributed by atoms with Gasteiger partial charge in [-0.05, 0) is 56.4 Å². The Bertz CT molecular complexity index is 1130. The molecule has 2 bridgehead atoms. The molecular weight excluding hydrogens is 451 g/mol. The number of benzene rings is 1. The van der Waals surface area contributed by atoms with E-state index in [1.165, 1.54) is 30.5 Å². The van der Waals surface area contributed by atoms with Gasteiger partial charge in [0, 0.05) is 17.8 Å². The maximum atomic E-state index is 13.5. The lowest BCUT2D eigenvalue weighted by Gasteiger charge is -2.56. The highest BCUT2D eigenvalue weighted by atomic mass is 35.5. The largest absolute Gasteiger partial charge is 0.484 e. The Labute approximate surface area is 194 Å². The number of carbonyl (C=O) groups is 2. The molecule has 0 saturated heterocycles. The molecule has 2 aromatic rings. The molecule has 1 aromatic heterocycles. The first-order chi connectivity index (χ1) is 15.7. The summed E-state index contributed by atoms with van der Waals surface area (Å²) >= 11 is 5.64. The lowest BCUT2D eigenvalue weighted by Crippen LogP contribution is -2.70. The van der Waals surface area contributed by atoms with Crippen LogP contribution in [0, 0.1) is 17.1 Å². The molecule has 2 amide bonds. The van der Waals surface area contributed by atoms with E-state index < -0.39 is 34.8 Å². The van der Waals surface area contributed by atoms with Crippen molar-refractivity contribution in [1.29, 1.82) is 5.26 Å². The van der Waals surface area contributed by atoms with Crippen LogP contribution in [0.5, 0.6) is 5.75 Å². The third-order valence-electron chi connectivity index (χ3n) is 6.47. The summed E-state index contributed by atoms with van der Waals surface area (Å²) in [4.78, 5) is 29.2. The summed E-state index contributed by atoms with van der Waals surface area (Å²) in [6, 6.07) is 8.82. The number of aromatic nitrogens is 1. The predicted molar refractivity (Wildman–Crippen MR) is 116 cm³/mol. The molecule has 3 N–H and O–H groups in total. The average molecular weight is 473 g/mol. The van der Waals surface area contributed by atoms with E-state index in [4.69, 9.17) is 21.6 Å². The van der Waals surface area contributed by atoms with Crippen LogP contribution in [-0.4, -0.2) is 45.7 Å². The number of pyridine rings is 1. The molecule has 33 heavy (non-hydrogen) atoms. The minimum Gasteiger partial charge on any atom is -0.484 e. The summed E-state index contributed by atoms with van der Waals surface area (Å²) < 4.78 is 18.9. The number of rotatable bonds is 6. The quantitative estimate of drug-likeness (QED) is 0.593. The number of aliphatic hydroxyl groups excluding tert-OH is 1. The van der Waals surface area contributed by atoms with E-state index in [1.54, 1.807) is 0 Å². The van der Waals surface area contributed by atoms with Crippen molar-refractivity contribution in [3.8, 4) is 11.8 Å². The van der Waals surface area contributed by atoms with Gasteiger partial charge in [-0.25, -0.2) is 4.39 Å². The summed E-state index contributed by atoms with van der Waals surface area (Å²) in [6.45, 7) is -0.335. The first-order valence-corrected chi connectivity index (χ1v) is 10.9. The van der Waals surface area contributed by atoms with E-state index >= 15 is 0 Å². The second-order valence-electron chi connectivity index (χ2n) is 8.56. The first kappa shape index (κ1) is 23.0. The van der Waals surface area contributed by atoms with E-state index in [-0.39, 0.29) is 29.5 Å². The van der Waals surface area contributed by atoms with E-state index in [2.05, 4.69) is 15.6 Å². The average Bonchev–Trinajstić information content (AvgIpc) is 2.81. The SMILES string of the molecule is N#Cc1ccnc(C(=O)NC23CCC(NC(=O)COc4ccc(Cl)c(F)c4)(CC2)C(O)C3)c1. The highest BCUT2D eigenvalue weighted by molar-refractivity contribution is 6.30. The number of nitrogens with zero attached hydrogens (tertiary/aromatic N) is 2. The molecule has 1 atom stereocenters. The van der Waals surface area contributed by atoms with E-state index in [0.717, 1.165) is 6.07 Å². The zero-order chi connectivity index (χ0) is 23.6. The maximum absolute atomic E-state index is 13.5. The van der Waals surface area contributed by atoms with Crippen molar-refractivity contribution >= 4 is 23.4 Å². The molecule has 0 spiro atoms. The molecule has 8 nitrogen and oxygen atoms in total. The number of halogens is 2. The molecular formula is C23H22ClFN4O4. The van der Waals surface area contributed by atoms with Crippen LogP contribution >= 0.6 is 11.6 Å². The molecule has 10 heteroatoms. The van der Waals surface area contributed by atoms with Crippen LogP contribution in [0.1, 0.15) is 48.2 Å². The Balaban J connectivity index is 1.35. The van der Waals surface area contributed by atoms with Gasteiger partial charge in [-0.3, -0.25) is 14.6 Å². The number of fused-ring (bicyclic) bond motifs is 3. The standard InChI is InChI=1S/C23H22ClFN4O4/c24-16-2-1-15(10-17(16)25)33-13-20(31)28-23-6-4-22(5-7-23,11-19(23)30)29-21(32)18-9-14(12-26)3-8-27-18/h1-3,8-10,19,30H,4-7,11,13H2,(H,28,31)(H,29,32). The fourth-order valence-corrected chi connectivity index (χ4v) is 4.74. The lowest BCUT2D eigenvalue weighted by molar-refractivity contribution is -0.132. The van der Waals surface area contributed by atoms with Crippen LogP contribution in [0.25, 0.3) is 0 Å². The molecule has 3 aliphatic rings. The molecule has 1 heterocycles. The fraction of sp³-hybridized carbons (Fsp3) is 0.391. The topological polar surface area (TPSA) is 124 Å². The van der Waals surface area contributed by atoms with Crippen molar-refractivity contribution in [2.24, 2.45) is 0 Å². The maximum Gasteiger partial charge on any atom is 0.270 e. The Morgan fingerprint density at radius 1 is 1.24 bits per heavy atom. The smallest absolute Gasteiger partial charge is 0.270 e. The summed E-state index contributed by atoms with van der Waals surface area (Å²) in [5.41, 5.74) is -0.934. The zero-order valence-electron chi connectivity index (χ0n) is 17.6. The van der Waals surface area contributed by atoms with Crippen LogP contribution in [0.2, 0.25) is 5.02 Å². The number of amides is 2. The van der Waals surface area contributed by atoms with Crippen molar-refractivity contribution in [2.75, 3.05) is 6.61 Å². The minimum absolute atomic E-state index is 0.0395. The predicted octanol–water partition coefficient (Wildman–Crippen LogP) is 2.49. The Morgan fingerprint density at radius 3 is 2.67 bits per heavy atom. The van der Waals surface area contributed by atoms with Crippen molar-refractivity contribution in [3.05, 3.63) is 58.6 Å². The fourth-order valence-electron chi connectivity index (χ4n) is 4.62. The third-order valence-corrected chi connectivity index (χ3v) is 6.78. The van der Waals surface area contributed by atoms with Crippen LogP contribution in [0.15, 0.2) is 36.5 Å². The van der Waals surface area contributed by atoms with Gasteiger partial charge in [0.2, 0.25) is 0 Å². The summed E-state index contributed by atoms with van der Waals surface area (Å²) in [5, 5.41) is 25.7. The molecule has 1 aromatic carbocycles. The second-order valence-corrected chi connectivity index (χ2v) is 8.97. The molecule has 0 aliphatic heterocycles. The number of nitrogens with one attached hydrogen (secondary N) is 2. The van der Waals surface area contributed by atoms with Crippen molar-refractivity contribution in [3.63, 3.8) is 0 Å². The monoisotopic (exact) mass is 472 g/mol. The van der Waals surface area contributed by atoms with Crippen molar-refractivity contribution in [2.45, 2.75) is 49.3 Å². The normalized spacial score (nSPS) is 25.7. The molecule has 0 radical (unpaired) electrons. The van der Waals surface area contributed by atoms with Gasteiger partial charge in [0.1, 0.15) is 17.3 Å². The number of aliphatic hydroxyl groups is 1. The van der Waals surface area contributed by atoms with Gasteiger partial charge in [0.05, 0.1) is 28.3 Å². The molecule has 3 fully saturated rings. The second kappa shape index (κ2) is 8.96. The highest BCUT2D eigenvalue weighted by Crippen LogP contribution is 2.47. The summed E-state index contributed by atoms with van der Waals surface area (Å²) in [5.74, 6) is -1.30. The van der Waals surface area contributed by atoms with Crippen molar-refractivity contribution in [1.82, 2.24) is 15.6 Å². The Morgan fingerprint density at radius 2 is 2.00 bits per heavy atom. The van der Waals surface area contributed by atoms with Gasteiger partial charge >= 0.3 is 0 Å². The van der Waals surface area contributed by atoms with Gasteiger partial charge in [0.25, 0.3) is 11.8 Å². The number of carbonyl (C=O) groups excluding carboxylic acids is 2. The molecule has 3 saturated carbocycles. The molecule has 5 rings (SSSR count).